The Balaban J connectivity index is 1.73. The Hall–Kier alpha value is -3.20. The number of anilines is 1. The number of aromatic nitrogens is 4. The van der Waals surface area contributed by atoms with Gasteiger partial charge in [0.05, 0.1) is 10.7 Å². The van der Waals surface area contributed by atoms with Crippen molar-refractivity contribution >= 4 is 46.0 Å². The van der Waals surface area contributed by atoms with Gasteiger partial charge >= 0.3 is 0 Å². The van der Waals surface area contributed by atoms with E-state index in [1.165, 1.54) is 0 Å². The Morgan fingerprint density at radius 2 is 1.81 bits per heavy atom. The van der Waals surface area contributed by atoms with Crippen LogP contribution in [0.1, 0.15) is 26.5 Å². The minimum atomic E-state index is -0.824. The molecule has 10 heteroatoms. The molecule has 186 valence electrons. The fraction of sp³-hybridized carbons (Fsp3) is 0.308. The summed E-state index contributed by atoms with van der Waals surface area (Å²) in [6.45, 7) is 6.78. The lowest BCUT2D eigenvalue weighted by Gasteiger charge is -2.49. The summed E-state index contributed by atoms with van der Waals surface area (Å²) in [6, 6.07) is 15.3. The summed E-state index contributed by atoms with van der Waals surface area (Å²) >= 11 is 12.8. The predicted molar refractivity (Wildman–Crippen MR) is 144 cm³/mol. The van der Waals surface area contributed by atoms with Gasteiger partial charge < -0.3 is 10.6 Å². The van der Waals surface area contributed by atoms with Crippen LogP contribution in [0.2, 0.25) is 10.0 Å². The second-order valence-electron chi connectivity index (χ2n) is 9.35. The van der Waals surface area contributed by atoms with Crippen molar-refractivity contribution in [2.45, 2.75) is 38.8 Å². The summed E-state index contributed by atoms with van der Waals surface area (Å²) in [5, 5.41) is 13.7. The van der Waals surface area contributed by atoms with Crippen LogP contribution in [-0.4, -0.2) is 50.3 Å². The van der Waals surface area contributed by atoms with E-state index in [1.54, 1.807) is 0 Å². The minimum absolute atomic E-state index is 0.101. The first-order valence-electron chi connectivity index (χ1n) is 11.9. The Kier molecular flexibility index (Phi) is 6.36. The highest BCUT2D eigenvalue weighted by Crippen LogP contribution is 2.38. The molecule has 0 radical (unpaired) electrons. The molecule has 1 fully saturated rings. The molecular formula is C26H27Cl2N7O. The molecule has 5 rings (SSSR count). The van der Waals surface area contributed by atoms with Crippen LogP contribution in [0, 0.1) is 0 Å². The van der Waals surface area contributed by atoms with Gasteiger partial charge in [-0.05, 0) is 56.7 Å². The van der Waals surface area contributed by atoms with Crippen molar-refractivity contribution in [2.75, 3.05) is 18.0 Å². The van der Waals surface area contributed by atoms with Crippen LogP contribution >= 0.6 is 23.2 Å². The molecule has 0 spiro atoms. The van der Waals surface area contributed by atoms with Crippen LogP contribution in [0.3, 0.4) is 0 Å². The number of hydrogen-bond donors (Lipinski definition) is 2. The Labute approximate surface area is 219 Å². The number of nitrogens with zero attached hydrogens (tertiary/aromatic N) is 5. The molecule has 1 amide bonds. The number of fused-ring (bicyclic) bond motifs is 1. The molecule has 0 aliphatic carbocycles. The number of nitrogens with two attached hydrogens (primary N) is 1. The van der Waals surface area contributed by atoms with Crippen molar-refractivity contribution < 1.29 is 4.79 Å². The molecule has 0 atom stereocenters. The SMILES string of the molecule is CCc1nnc(N2CC(NC(C)C)(C(N)=O)C2)c2nc(-c3ccccc3Cl)n(-c3ccc(Cl)cc3)c12. The third-order valence-corrected chi connectivity index (χ3v) is 7.00. The highest BCUT2D eigenvalue weighted by molar-refractivity contribution is 6.33. The smallest absolute Gasteiger partial charge is 0.241 e. The molecule has 2 aromatic carbocycles. The molecule has 3 heterocycles. The number of benzene rings is 2. The number of halogens is 2. The summed E-state index contributed by atoms with van der Waals surface area (Å²) in [6.07, 6.45) is 0.658. The molecule has 1 saturated heterocycles. The topological polar surface area (TPSA) is 102 Å². The van der Waals surface area contributed by atoms with Gasteiger partial charge in [0, 0.05) is 35.4 Å². The molecule has 0 bridgehead atoms. The number of rotatable bonds is 7. The van der Waals surface area contributed by atoms with Crippen molar-refractivity contribution in [3.8, 4) is 17.1 Å². The van der Waals surface area contributed by atoms with E-state index >= 15 is 0 Å². The van der Waals surface area contributed by atoms with Crippen LogP contribution in [0.25, 0.3) is 28.1 Å². The maximum Gasteiger partial charge on any atom is 0.241 e. The quantitative estimate of drug-likeness (QED) is 0.372. The second kappa shape index (κ2) is 9.35. The minimum Gasteiger partial charge on any atom is -0.368 e. The van der Waals surface area contributed by atoms with E-state index in [-0.39, 0.29) is 11.9 Å². The van der Waals surface area contributed by atoms with Gasteiger partial charge in [-0.15, -0.1) is 5.10 Å². The van der Waals surface area contributed by atoms with Crippen LogP contribution < -0.4 is 16.0 Å². The average Bonchev–Trinajstić information content (AvgIpc) is 3.21. The second-order valence-corrected chi connectivity index (χ2v) is 10.2. The first-order valence-corrected chi connectivity index (χ1v) is 12.6. The molecule has 3 N–H and O–H groups in total. The Morgan fingerprint density at radius 1 is 1.11 bits per heavy atom. The number of carbonyl (C=O) groups excluding carboxylic acids is 1. The summed E-state index contributed by atoms with van der Waals surface area (Å²) in [5.74, 6) is 0.890. The number of imidazole rings is 1. The number of aryl methyl sites for hydroxylation is 1. The van der Waals surface area contributed by atoms with Gasteiger partial charge in [-0.25, -0.2) is 4.98 Å². The molecule has 1 aliphatic rings. The van der Waals surface area contributed by atoms with Gasteiger partial charge in [-0.2, -0.15) is 5.10 Å². The van der Waals surface area contributed by atoms with Crippen molar-refractivity contribution in [1.29, 1.82) is 0 Å². The van der Waals surface area contributed by atoms with Crippen LogP contribution in [0.4, 0.5) is 5.82 Å². The zero-order chi connectivity index (χ0) is 25.6. The van der Waals surface area contributed by atoms with Gasteiger partial charge in [-0.3, -0.25) is 14.7 Å². The molecule has 4 aromatic rings. The zero-order valence-corrected chi connectivity index (χ0v) is 21.8. The number of amides is 1. The van der Waals surface area contributed by atoms with Crippen LogP contribution in [0.5, 0.6) is 0 Å². The van der Waals surface area contributed by atoms with E-state index in [0.717, 1.165) is 22.5 Å². The first-order chi connectivity index (χ1) is 17.2. The number of carbonyl (C=O) groups is 1. The van der Waals surface area contributed by atoms with E-state index < -0.39 is 5.54 Å². The van der Waals surface area contributed by atoms with Crippen LogP contribution in [-0.2, 0) is 11.2 Å². The van der Waals surface area contributed by atoms with Crippen molar-refractivity contribution in [3.05, 3.63) is 64.3 Å². The standard InChI is InChI=1S/C26H27Cl2N7O/c1-4-20-22-21(24(33-32-20)34-13-26(14-34,25(29)36)31-15(2)3)30-23(18-7-5-6-8-19(18)28)35(22)17-11-9-16(27)10-12-17/h5-12,15,31H,4,13-14H2,1-3H3,(H2,29,36). The summed E-state index contributed by atoms with van der Waals surface area (Å²) < 4.78 is 2.05. The Bertz CT molecular complexity index is 1440. The highest BCUT2D eigenvalue weighted by Gasteiger charge is 2.49. The largest absolute Gasteiger partial charge is 0.368 e. The zero-order valence-electron chi connectivity index (χ0n) is 20.3. The van der Waals surface area contributed by atoms with E-state index in [4.69, 9.17) is 33.9 Å². The predicted octanol–water partition coefficient (Wildman–Crippen LogP) is 4.39. The van der Waals surface area contributed by atoms with Gasteiger partial charge in [0.25, 0.3) is 0 Å². The number of hydrogen-bond acceptors (Lipinski definition) is 6. The molecular weight excluding hydrogens is 497 g/mol. The lowest BCUT2D eigenvalue weighted by molar-refractivity contribution is -0.125. The molecule has 1 aliphatic heterocycles. The molecule has 2 aromatic heterocycles. The monoisotopic (exact) mass is 523 g/mol. The van der Waals surface area contributed by atoms with Gasteiger partial charge in [0.15, 0.2) is 5.82 Å². The van der Waals surface area contributed by atoms with E-state index in [0.29, 0.717) is 46.7 Å². The lowest BCUT2D eigenvalue weighted by atomic mass is 9.88. The lowest BCUT2D eigenvalue weighted by Crippen LogP contribution is -2.76. The fourth-order valence-electron chi connectivity index (χ4n) is 4.79. The van der Waals surface area contributed by atoms with Crippen molar-refractivity contribution in [1.82, 2.24) is 25.1 Å². The van der Waals surface area contributed by atoms with Gasteiger partial charge in [0.1, 0.15) is 22.4 Å². The number of nitrogens with one attached hydrogen (secondary N) is 1. The molecule has 8 nitrogen and oxygen atoms in total. The van der Waals surface area contributed by atoms with E-state index in [2.05, 4.69) is 20.1 Å². The van der Waals surface area contributed by atoms with Crippen molar-refractivity contribution in [2.24, 2.45) is 5.73 Å². The molecule has 36 heavy (non-hydrogen) atoms. The van der Waals surface area contributed by atoms with Crippen molar-refractivity contribution in [3.63, 3.8) is 0 Å². The summed E-state index contributed by atoms with van der Waals surface area (Å²) in [4.78, 5) is 19.4. The maximum atomic E-state index is 12.3. The molecule has 0 unspecified atom stereocenters. The third-order valence-electron chi connectivity index (χ3n) is 6.42. The van der Waals surface area contributed by atoms with Gasteiger partial charge in [0.2, 0.25) is 5.91 Å². The molecule has 0 saturated carbocycles. The third kappa shape index (κ3) is 4.09. The summed E-state index contributed by atoms with van der Waals surface area (Å²) in [5.41, 5.74) is 8.95. The Morgan fingerprint density at radius 3 is 2.42 bits per heavy atom. The maximum absolute atomic E-state index is 12.3. The highest BCUT2D eigenvalue weighted by atomic mass is 35.5. The average molecular weight is 524 g/mol. The fourth-order valence-corrected chi connectivity index (χ4v) is 5.13. The first kappa shape index (κ1) is 24.5. The van der Waals surface area contributed by atoms with Gasteiger partial charge in [-0.1, -0.05) is 42.3 Å². The van der Waals surface area contributed by atoms with E-state index in [1.807, 2.05) is 74.2 Å². The summed E-state index contributed by atoms with van der Waals surface area (Å²) in [7, 11) is 0. The van der Waals surface area contributed by atoms with E-state index in [9.17, 15) is 4.79 Å². The van der Waals surface area contributed by atoms with Crippen LogP contribution in [0.15, 0.2) is 48.5 Å². The normalized spacial score (nSPS) is 14.9. The number of primary amides is 1.